The molecule has 0 aliphatic heterocycles. The molecule has 2 aromatic carbocycles. The highest BCUT2D eigenvalue weighted by Gasteiger charge is 2.43. The number of hydrogen-bond acceptors (Lipinski definition) is 4. The number of benzene rings is 2. The maximum absolute atomic E-state index is 10.8. The molecular formula is C24H28N4O. The minimum atomic E-state index is -0.345. The van der Waals surface area contributed by atoms with Gasteiger partial charge in [-0.3, -0.25) is 0 Å². The summed E-state index contributed by atoms with van der Waals surface area (Å²) in [6.07, 6.45) is 2.62. The van der Waals surface area contributed by atoms with Crippen LogP contribution in [0.5, 0.6) is 0 Å². The van der Waals surface area contributed by atoms with Crippen LogP contribution in [0.15, 0.2) is 42.5 Å². The molecule has 0 saturated heterocycles. The number of hydrogen-bond donors (Lipinski definition) is 2. The minimum Gasteiger partial charge on any atom is -0.392 e. The number of H-pyrrole nitrogens is 1. The quantitative estimate of drug-likeness (QED) is 0.635. The molecule has 150 valence electrons. The zero-order chi connectivity index (χ0) is 20.8. The maximum Gasteiger partial charge on any atom is 0.179 e. The van der Waals surface area contributed by atoms with Crippen LogP contribution in [-0.4, -0.2) is 31.8 Å². The molecule has 29 heavy (non-hydrogen) atoms. The predicted molar refractivity (Wildman–Crippen MR) is 116 cm³/mol. The summed E-state index contributed by atoms with van der Waals surface area (Å²) in [5, 5.41) is 24.7. The second-order valence-corrected chi connectivity index (χ2v) is 9.29. The van der Waals surface area contributed by atoms with Crippen molar-refractivity contribution >= 4 is 11.6 Å². The van der Waals surface area contributed by atoms with Crippen LogP contribution >= 0.6 is 0 Å². The van der Waals surface area contributed by atoms with E-state index in [0.717, 1.165) is 17.5 Å². The Morgan fingerprint density at radius 3 is 2.45 bits per heavy atom. The minimum absolute atomic E-state index is 0.0220. The molecule has 2 N–H and O–H groups in total. The Balaban J connectivity index is 1.67. The van der Waals surface area contributed by atoms with Crippen molar-refractivity contribution in [2.75, 3.05) is 0 Å². The number of aromatic amines is 1. The van der Waals surface area contributed by atoms with Gasteiger partial charge in [-0.25, -0.2) is 5.10 Å². The Labute approximate surface area is 171 Å². The van der Waals surface area contributed by atoms with Gasteiger partial charge in [0, 0.05) is 11.0 Å². The van der Waals surface area contributed by atoms with Crippen LogP contribution in [0.4, 0.5) is 0 Å². The van der Waals surface area contributed by atoms with E-state index in [2.05, 4.69) is 91.7 Å². The topological polar surface area (TPSA) is 74.7 Å². The Bertz CT molecular complexity index is 1050. The summed E-state index contributed by atoms with van der Waals surface area (Å²) < 4.78 is 0. The molecule has 1 atom stereocenters. The first kappa shape index (κ1) is 19.5. The summed E-state index contributed by atoms with van der Waals surface area (Å²) in [6, 6.07) is 14.9. The number of aliphatic hydroxyl groups is 1. The fourth-order valence-corrected chi connectivity index (χ4v) is 4.29. The van der Waals surface area contributed by atoms with E-state index < -0.39 is 0 Å². The van der Waals surface area contributed by atoms with Gasteiger partial charge in [0.15, 0.2) is 5.82 Å². The van der Waals surface area contributed by atoms with Gasteiger partial charge in [-0.05, 0) is 57.0 Å². The third kappa shape index (κ3) is 3.51. The van der Waals surface area contributed by atoms with Crippen molar-refractivity contribution in [3.8, 4) is 11.4 Å². The highest BCUT2D eigenvalue weighted by molar-refractivity contribution is 5.81. The van der Waals surface area contributed by atoms with Crippen molar-refractivity contribution in [1.29, 1.82) is 0 Å². The molecule has 1 aromatic heterocycles. The van der Waals surface area contributed by atoms with Crippen molar-refractivity contribution in [3.05, 3.63) is 64.7 Å². The smallest absolute Gasteiger partial charge is 0.179 e. The molecular weight excluding hydrogens is 360 g/mol. The zero-order valence-corrected chi connectivity index (χ0v) is 17.7. The highest BCUT2D eigenvalue weighted by Crippen LogP contribution is 2.46. The largest absolute Gasteiger partial charge is 0.392 e. The number of aliphatic hydroxyl groups excluding tert-OH is 1. The van der Waals surface area contributed by atoms with E-state index in [1.54, 1.807) is 0 Å². The number of nitrogens with one attached hydrogen (secondary N) is 1. The second-order valence-electron chi connectivity index (χ2n) is 9.29. The first-order valence-electron chi connectivity index (χ1n) is 10.0. The van der Waals surface area contributed by atoms with Crippen LogP contribution < -0.4 is 0 Å². The van der Waals surface area contributed by atoms with Crippen LogP contribution in [0.2, 0.25) is 0 Å². The van der Waals surface area contributed by atoms with Crippen molar-refractivity contribution in [2.45, 2.75) is 58.0 Å². The predicted octanol–water partition coefficient (Wildman–Crippen LogP) is 4.75. The summed E-state index contributed by atoms with van der Waals surface area (Å²) in [6.45, 7) is 10.9. The molecule has 0 bridgehead atoms. The molecule has 0 radical (unpaired) electrons. The van der Waals surface area contributed by atoms with Crippen molar-refractivity contribution in [2.24, 2.45) is 0 Å². The fraction of sp³-hybridized carbons (Fsp3) is 0.375. The van der Waals surface area contributed by atoms with Crippen molar-refractivity contribution in [1.82, 2.24) is 20.6 Å². The Hall–Kier alpha value is -2.79. The average Bonchev–Trinajstić information content (AvgIpc) is 3.21. The molecule has 1 heterocycles. The lowest BCUT2D eigenvalue weighted by molar-refractivity contribution is 0.0583. The fourth-order valence-electron chi connectivity index (χ4n) is 4.29. The van der Waals surface area contributed by atoms with Gasteiger partial charge in [-0.2, -0.15) is 0 Å². The molecule has 0 saturated carbocycles. The van der Waals surface area contributed by atoms with Gasteiger partial charge in [0.2, 0.25) is 0 Å². The third-order valence-corrected chi connectivity index (χ3v) is 6.35. The van der Waals surface area contributed by atoms with Gasteiger partial charge in [0.1, 0.15) is 0 Å². The molecule has 0 spiro atoms. The normalized spacial score (nSPS) is 20.3. The summed E-state index contributed by atoms with van der Waals surface area (Å²) in [5.74, 6) is 0.662. The SMILES string of the molecule is CC(=Cc1ccc(-c2nnn[nH]2)cc1)c1ccc2c(c1)C(C)(C)C(O)CC2(C)C. The standard InChI is InChI=1S/C24H28N4O/c1-15(12-16-6-8-17(9-7-16)22-25-27-28-26-22)18-10-11-19-20(13-18)24(4,5)21(29)14-23(19,2)3/h6-13,21,29H,14H2,1-5H3,(H,25,26,27,28). The van der Waals surface area contributed by atoms with Crippen molar-refractivity contribution < 1.29 is 5.11 Å². The Morgan fingerprint density at radius 2 is 1.79 bits per heavy atom. The van der Waals surface area contributed by atoms with Gasteiger partial charge >= 0.3 is 0 Å². The second kappa shape index (κ2) is 6.92. The number of allylic oxidation sites excluding steroid dienone is 1. The number of aromatic nitrogens is 4. The lowest BCUT2D eigenvalue weighted by Crippen LogP contribution is -2.45. The molecule has 4 rings (SSSR count). The van der Waals surface area contributed by atoms with Crippen LogP contribution in [-0.2, 0) is 10.8 Å². The van der Waals surface area contributed by atoms with Crippen LogP contribution in [0, 0.1) is 0 Å². The van der Waals surface area contributed by atoms with E-state index in [1.807, 2.05) is 12.1 Å². The lowest BCUT2D eigenvalue weighted by atomic mass is 9.61. The number of fused-ring (bicyclic) bond motifs is 1. The maximum atomic E-state index is 10.8. The summed E-state index contributed by atoms with van der Waals surface area (Å²) in [5.41, 5.74) is 6.77. The van der Waals surface area contributed by atoms with E-state index in [1.165, 1.54) is 22.3 Å². The van der Waals surface area contributed by atoms with Gasteiger partial charge < -0.3 is 5.11 Å². The Kier molecular flexibility index (Phi) is 4.66. The monoisotopic (exact) mass is 388 g/mol. The molecule has 5 nitrogen and oxygen atoms in total. The molecule has 0 amide bonds. The third-order valence-electron chi connectivity index (χ3n) is 6.35. The molecule has 1 aliphatic rings. The van der Waals surface area contributed by atoms with Crippen molar-refractivity contribution in [3.63, 3.8) is 0 Å². The molecule has 3 aromatic rings. The van der Waals surface area contributed by atoms with E-state index in [9.17, 15) is 5.11 Å². The van der Waals surface area contributed by atoms with Gasteiger partial charge in [-0.1, -0.05) is 76.2 Å². The number of nitrogens with zero attached hydrogens (tertiary/aromatic N) is 3. The Morgan fingerprint density at radius 1 is 1.07 bits per heavy atom. The number of rotatable bonds is 3. The first-order chi connectivity index (χ1) is 13.7. The molecule has 1 aliphatic carbocycles. The van der Waals surface area contributed by atoms with Crippen LogP contribution in [0.1, 0.15) is 63.3 Å². The van der Waals surface area contributed by atoms with Gasteiger partial charge in [0.25, 0.3) is 0 Å². The molecule has 0 fully saturated rings. The molecule has 5 heteroatoms. The number of tetrazole rings is 1. The summed E-state index contributed by atoms with van der Waals surface area (Å²) >= 11 is 0. The van der Waals surface area contributed by atoms with Gasteiger partial charge in [-0.15, -0.1) is 5.10 Å². The van der Waals surface area contributed by atoms with Crippen LogP contribution in [0.3, 0.4) is 0 Å². The average molecular weight is 389 g/mol. The lowest BCUT2D eigenvalue weighted by Gasteiger charge is -2.45. The van der Waals surface area contributed by atoms with E-state index in [-0.39, 0.29) is 16.9 Å². The molecule has 1 unspecified atom stereocenters. The van der Waals surface area contributed by atoms with E-state index in [0.29, 0.717) is 5.82 Å². The van der Waals surface area contributed by atoms with E-state index >= 15 is 0 Å². The zero-order valence-electron chi connectivity index (χ0n) is 17.7. The van der Waals surface area contributed by atoms with Gasteiger partial charge in [0.05, 0.1) is 6.10 Å². The summed E-state index contributed by atoms with van der Waals surface area (Å²) in [4.78, 5) is 0. The first-order valence-corrected chi connectivity index (χ1v) is 10.0. The van der Waals surface area contributed by atoms with E-state index in [4.69, 9.17) is 0 Å². The highest BCUT2D eigenvalue weighted by atomic mass is 16.3. The summed E-state index contributed by atoms with van der Waals surface area (Å²) in [7, 11) is 0. The van der Waals surface area contributed by atoms with Crippen LogP contribution in [0.25, 0.3) is 23.0 Å².